The van der Waals surface area contributed by atoms with Crippen molar-refractivity contribution in [3.05, 3.63) is 64.2 Å². The number of carbonyl (C=O) groups excluding carboxylic acids is 1. The van der Waals surface area contributed by atoms with Crippen molar-refractivity contribution in [2.45, 2.75) is 18.5 Å². The third kappa shape index (κ3) is 4.22. The van der Waals surface area contributed by atoms with Crippen LogP contribution in [0, 0.1) is 10.1 Å². The Morgan fingerprint density at radius 3 is 2.30 bits per heavy atom. The van der Waals surface area contributed by atoms with Crippen molar-refractivity contribution in [3.63, 3.8) is 0 Å². The van der Waals surface area contributed by atoms with Crippen molar-refractivity contribution >= 4 is 17.3 Å². The SMILES string of the molecule is COc1ccc(C2CC(C(=O)N3CCN(c4ccc([N+](=O)[O-])cc4)CC3)NN2)cc1. The van der Waals surface area contributed by atoms with Gasteiger partial charge in [0.05, 0.1) is 12.0 Å². The number of hydrogen-bond acceptors (Lipinski definition) is 7. The standard InChI is InChI=1S/C21H25N5O4/c1-30-18-8-2-15(3-9-18)19-14-20(23-22-19)21(27)25-12-10-24(11-13-25)16-4-6-17(7-5-16)26(28)29/h2-9,19-20,22-23H,10-14H2,1H3. The van der Waals surface area contributed by atoms with Crippen LogP contribution < -0.4 is 20.5 Å². The highest BCUT2D eigenvalue weighted by Gasteiger charge is 2.34. The van der Waals surface area contributed by atoms with Crippen molar-refractivity contribution in [2.24, 2.45) is 0 Å². The van der Waals surface area contributed by atoms with Gasteiger partial charge in [0.2, 0.25) is 5.91 Å². The number of nitrogens with zero attached hydrogens (tertiary/aromatic N) is 3. The molecule has 9 heteroatoms. The van der Waals surface area contributed by atoms with E-state index in [-0.39, 0.29) is 23.7 Å². The van der Waals surface area contributed by atoms with Crippen LogP contribution in [0.15, 0.2) is 48.5 Å². The highest BCUT2D eigenvalue weighted by atomic mass is 16.6. The number of ether oxygens (including phenoxy) is 1. The summed E-state index contributed by atoms with van der Waals surface area (Å²) in [5.74, 6) is 0.907. The molecule has 2 aliphatic rings. The third-order valence-corrected chi connectivity index (χ3v) is 5.74. The monoisotopic (exact) mass is 411 g/mol. The number of non-ortho nitro benzene ring substituents is 1. The molecule has 2 N–H and O–H groups in total. The van der Waals surface area contributed by atoms with E-state index in [9.17, 15) is 14.9 Å². The molecule has 0 saturated carbocycles. The molecule has 2 saturated heterocycles. The van der Waals surface area contributed by atoms with E-state index in [0.29, 0.717) is 32.6 Å². The van der Waals surface area contributed by atoms with Crippen molar-refractivity contribution in [1.29, 1.82) is 0 Å². The molecule has 0 radical (unpaired) electrons. The molecule has 1 amide bonds. The van der Waals surface area contributed by atoms with Gasteiger partial charge in [0.25, 0.3) is 5.69 Å². The summed E-state index contributed by atoms with van der Waals surface area (Å²) in [6.07, 6.45) is 0.688. The Labute approximate surface area is 174 Å². The molecule has 2 aromatic carbocycles. The summed E-state index contributed by atoms with van der Waals surface area (Å²) in [5.41, 5.74) is 8.50. The molecule has 0 aliphatic carbocycles. The highest BCUT2D eigenvalue weighted by molar-refractivity contribution is 5.82. The van der Waals surface area contributed by atoms with Gasteiger partial charge in [-0.05, 0) is 36.2 Å². The Bertz CT molecular complexity index is 895. The molecule has 2 aliphatic heterocycles. The minimum atomic E-state index is -0.401. The first-order chi connectivity index (χ1) is 14.5. The Morgan fingerprint density at radius 2 is 1.70 bits per heavy atom. The number of piperazine rings is 1. The molecular formula is C21H25N5O4. The van der Waals surface area contributed by atoms with Crippen LogP contribution in [-0.4, -0.2) is 55.1 Å². The fourth-order valence-corrected chi connectivity index (χ4v) is 3.96. The van der Waals surface area contributed by atoms with Gasteiger partial charge in [-0.1, -0.05) is 12.1 Å². The average molecular weight is 411 g/mol. The lowest BCUT2D eigenvalue weighted by Gasteiger charge is -2.37. The van der Waals surface area contributed by atoms with Crippen LogP contribution in [-0.2, 0) is 4.79 Å². The Morgan fingerprint density at radius 1 is 1.03 bits per heavy atom. The number of nitro benzene ring substituents is 1. The zero-order valence-corrected chi connectivity index (χ0v) is 16.8. The molecule has 4 rings (SSSR count). The number of hydrogen-bond donors (Lipinski definition) is 2. The number of amides is 1. The Balaban J connectivity index is 1.30. The summed E-state index contributed by atoms with van der Waals surface area (Å²) < 4.78 is 5.20. The summed E-state index contributed by atoms with van der Waals surface area (Å²) >= 11 is 0. The zero-order chi connectivity index (χ0) is 21.1. The smallest absolute Gasteiger partial charge is 0.269 e. The number of methoxy groups -OCH3 is 1. The molecular weight excluding hydrogens is 386 g/mol. The second kappa shape index (κ2) is 8.68. The second-order valence-electron chi connectivity index (χ2n) is 7.49. The second-order valence-corrected chi connectivity index (χ2v) is 7.49. The van der Waals surface area contributed by atoms with E-state index in [1.807, 2.05) is 29.2 Å². The maximum Gasteiger partial charge on any atom is 0.269 e. The fourth-order valence-electron chi connectivity index (χ4n) is 3.96. The van der Waals surface area contributed by atoms with Crippen LogP contribution in [0.25, 0.3) is 0 Å². The molecule has 0 bridgehead atoms. The van der Waals surface area contributed by atoms with Crippen molar-refractivity contribution in [1.82, 2.24) is 15.8 Å². The van der Waals surface area contributed by atoms with E-state index < -0.39 is 4.92 Å². The van der Waals surface area contributed by atoms with E-state index in [2.05, 4.69) is 15.8 Å². The molecule has 2 unspecified atom stereocenters. The van der Waals surface area contributed by atoms with Crippen LogP contribution >= 0.6 is 0 Å². The maximum absolute atomic E-state index is 13.0. The van der Waals surface area contributed by atoms with Gasteiger partial charge in [0.15, 0.2) is 0 Å². The van der Waals surface area contributed by atoms with Crippen LogP contribution in [0.4, 0.5) is 11.4 Å². The van der Waals surface area contributed by atoms with E-state index in [1.165, 1.54) is 12.1 Å². The number of hydrazine groups is 1. The van der Waals surface area contributed by atoms with Gasteiger partial charge in [-0.3, -0.25) is 14.9 Å². The fraction of sp³-hybridized carbons (Fsp3) is 0.381. The van der Waals surface area contributed by atoms with Crippen LogP contribution in [0.1, 0.15) is 18.0 Å². The molecule has 9 nitrogen and oxygen atoms in total. The average Bonchev–Trinajstić information content (AvgIpc) is 3.29. The molecule has 2 heterocycles. The first-order valence-corrected chi connectivity index (χ1v) is 9.98. The first kappa shape index (κ1) is 20.1. The molecule has 2 atom stereocenters. The van der Waals surface area contributed by atoms with E-state index in [4.69, 9.17) is 4.74 Å². The summed E-state index contributed by atoms with van der Waals surface area (Å²) in [7, 11) is 1.64. The number of rotatable bonds is 5. The lowest BCUT2D eigenvalue weighted by molar-refractivity contribution is -0.384. The van der Waals surface area contributed by atoms with Gasteiger partial charge in [-0.15, -0.1) is 0 Å². The number of anilines is 1. The van der Waals surface area contributed by atoms with E-state index >= 15 is 0 Å². The highest BCUT2D eigenvalue weighted by Crippen LogP contribution is 2.26. The lowest BCUT2D eigenvalue weighted by atomic mass is 10.0. The topological polar surface area (TPSA) is 100.0 Å². The first-order valence-electron chi connectivity index (χ1n) is 9.98. The number of benzene rings is 2. The summed E-state index contributed by atoms with van der Waals surface area (Å²) in [6.45, 7) is 2.65. The molecule has 0 spiro atoms. The predicted octanol–water partition coefficient (Wildman–Crippen LogP) is 1.86. The van der Waals surface area contributed by atoms with Crippen LogP contribution in [0.3, 0.4) is 0 Å². The molecule has 30 heavy (non-hydrogen) atoms. The van der Waals surface area contributed by atoms with Gasteiger partial charge in [0.1, 0.15) is 11.8 Å². The molecule has 2 fully saturated rings. The number of nitro groups is 1. The van der Waals surface area contributed by atoms with Gasteiger partial charge >= 0.3 is 0 Å². The minimum absolute atomic E-state index is 0.0752. The van der Waals surface area contributed by atoms with Crippen LogP contribution in [0.5, 0.6) is 5.75 Å². The minimum Gasteiger partial charge on any atom is -0.497 e. The maximum atomic E-state index is 13.0. The predicted molar refractivity (Wildman–Crippen MR) is 112 cm³/mol. The van der Waals surface area contributed by atoms with Gasteiger partial charge in [-0.2, -0.15) is 0 Å². The van der Waals surface area contributed by atoms with Gasteiger partial charge in [-0.25, -0.2) is 10.9 Å². The summed E-state index contributed by atoms with van der Waals surface area (Å²) in [4.78, 5) is 27.4. The molecule has 2 aromatic rings. The zero-order valence-electron chi connectivity index (χ0n) is 16.8. The van der Waals surface area contributed by atoms with Crippen molar-refractivity contribution < 1.29 is 14.5 Å². The van der Waals surface area contributed by atoms with Gasteiger partial charge in [0, 0.05) is 50.0 Å². The van der Waals surface area contributed by atoms with E-state index in [0.717, 1.165) is 17.0 Å². The van der Waals surface area contributed by atoms with E-state index in [1.54, 1.807) is 19.2 Å². The number of carbonyl (C=O) groups is 1. The molecule has 158 valence electrons. The Hall–Kier alpha value is -3.17. The number of nitrogens with one attached hydrogen (secondary N) is 2. The summed E-state index contributed by atoms with van der Waals surface area (Å²) in [5, 5.41) is 10.8. The van der Waals surface area contributed by atoms with Gasteiger partial charge < -0.3 is 14.5 Å². The Kier molecular flexibility index (Phi) is 5.82. The largest absolute Gasteiger partial charge is 0.497 e. The van der Waals surface area contributed by atoms with Crippen molar-refractivity contribution in [2.75, 3.05) is 38.2 Å². The summed E-state index contributed by atoms with van der Waals surface area (Å²) in [6, 6.07) is 14.2. The normalized spacial score (nSPS) is 21.5. The molecule has 0 aromatic heterocycles. The third-order valence-electron chi connectivity index (χ3n) is 5.74. The lowest BCUT2D eigenvalue weighted by Crippen LogP contribution is -2.53. The quantitative estimate of drug-likeness (QED) is 0.572. The van der Waals surface area contributed by atoms with Crippen molar-refractivity contribution in [3.8, 4) is 5.75 Å². The van der Waals surface area contributed by atoms with Crippen LogP contribution in [0.2, 0.25) is 0 Å².